The van der Waals surface area contributed by atoms with E-state index < -0.39 is 17.4 Å². The highest BCUT2D eigenvalue weighted by atomic mass is 19.1. The Morgan fingerprint density at radius 1 is 1.32 bits per heavy atom. The lowest BCUT2D eigenvalue weighted by molar-refractivity contribution is -0.118. The number of aryl methyl sites for hydroxylation is 1. The molecule has 4 N–H and O–H groups in total. The van der Waals surface area contributed by atoms with Crippen LogP contribution in [0.5, 0.6) is 0 Å². The van der Waals surface area contributed by atoms with E-state index in [1.807, 2.05) is 19.1 Å². The van der Waals surface area contributed by atoms with Crippen LogP contribution >= 0.6 is 0 Å². The quantitative estimate of drug-likeness (QED) is 0.603. The topological polar surface area (TPSA) is 89.3 Å². The van der Waals surface area contributed by atoms with E-state index in [9.17, 15) is 9.18 Å². The maximum atomic E-state index is 14.6. The number of hydrogen-bond donors (Lipinski definition) is 3. The van der Waals surface area contributed by atoms with Gasteiger partial charge in [-0.1, -0.05) is 18.9 Å². The van der Waals surface area contributed by atoms with E-state index in [1.165, 1.54) is 18.9 Å². The van der Waals surface area contributed by atoms with Gasteiger partial charge >= 0.3 is 0 Å². The summed E-state index contributed by atoms with van der Waals surface area (Å²) in [5, 5.41) is 5.87. The van der Waals surface area contributed by atoms with E-state index in [0.717, 1.165) is 29.7 Å². The number of halogens is 1. The lowest BCUT2D eigenvalue weighted by atomic mass is 9.79. The third kappa shape index (κ3) is 4.95. The number of amides is 1. The lowest BCUT2D eigenvalue weighted by Crippen LogP contribution is -2.39. The highest BCUT2D eigenvalue weighted by molar-refractivity contribution is 5.95. The van der Waals surface area contributed by atoms with Crippen molar-refractivity contribution in [3.05, 3.63) is 59.2 Å². The molecule has 6 nitrogen and oxygen atoms in total. The van der Waals surface area contributed by atoms with Gasteiger partial charge in [-0.05, 0) is 67.5 Å². The first-order valence-corrected chi connectivity index (χ1v) is 11.0. The van der Waals surface area contributed by atoms with Crippen LogP contribution in [0.2, 0.25) is 0 Å². The third-order valence-corrected chi connectivity index (χ3v) is 6.54. The van der Waals surface area contributed by atoms with Gasteiger partial charge in [0.1, 0.15) is 5.82 Å². The van der Waals surface area contributed by atoms with Crippen molar-refractivity contribution in [2.75, 3.05) is 19.0 Å². The van der Waals surface area contributed by atoms with Crippen LogP contribution in [0.25, 0.3) is 0 Å². The van der Waals surface area contributed by atoms with Crippen molar-refractivity contribution in [3.8, 4) is 0 Å². The largest absolute Gasteiger partial charge is 0.380 e. The number of nitrogens with zero attached hydrogens (tertiary/aromatic N) is 1. The number of aromatic nitrogens is 1. The number of ether oxygens (including phenoxy) is 1. The van der Waals surface area contributed by atoms with E-state index in [-0.39, 0.29) is 17.7 Å². The SMILES string of the molecule is COC1CNC(C(=O)Nc2cc(C(N)(CCC3CC3)c3ccnc(C)c3)ccc2F)C1. The Hall–Kier alpha value is -2.35. The van der Waals surface area contributed by atoms with Crippen LogP contribution in [0.1, 0.15) is 48.9 Å². The minimum Gasteiger partial charge on any atom is -0.380 e. The Labute approximate surface area is 182 Å². The molecule has 0 radical (unpaired) electrons. The number of benzene rings is 1. The van der Waals surface area contributed by atoms with Crippen molar-refractivity contribution >= 4 is 11.6 Å². The number of nitrogens with two attached hydrogens (primary N) is 1. The summed E-state index contributed by atoms with van der Waals surface area (Å²) in [5.74, 6) is -0.0301. The molecule has 4 rings (SSSR count). The zero-order chi connectivity index (χ0) is 22.0. The van der Waals surface area contributed by atoms with Gasteiger partial charge in [-0.3, -0.25) is 9.78 Å². The standard InChI is InChI=1S/C24H31FN4O2/c1-15-11-18(8-10-27-15)24(26,9-7-16-3-4-16)17-5-6-20(25)21(12-17)29-23(30)22-13-19(31-2)14-28-22/h5-6,8,10-12,16,19,22,28H,3-4,7,9,13-14,26H2,1-2H3,(H,29,30). The smallest absolute Gasteiger partial charge is 0.241 e. The van der Waals surface area contributed by atoms with Crippen molar-refractivity contribution in [2.45, 2.75) is 56.7 Å². The Morgan fingerprint density at radius 2 is 2.10 bits per heavy atom. The van der Waals surface area contributed by atoms with Gasteiger partial charge in [-0.15, -0.1) is 0 Å². The fraction of sp³-hybridized carbons (Fsp3) is 0.500. The maximum absolute atomic E-state index is 14.6. The summed E-state index contributed by atoms with van der Waals surface area (Å²) < 4.78 is 19.9. The first kappa shape index (κ1) is 21.9. The highest BCUT2D eigenvalue weighted by Crippen LogP contribution is 2.40. The van der Waals surface area contributed by atoms with Crippen LogP contribution in [0.4, 0.5) is 10.1 Å². The van der Waals surface area contributed by atoms with E-state index in [1.54, 1.807) is 25.4 Å². The fourth-order valence-corrected chi connectivity index (χ4v) is 4.32. The second-order valence-corrected chi connectivity index (χ2v) is 8.88. The molecule has 1 saturated heterocycles. The van der Waals surface area contributed by atoms with Gasteiger partial charge in [0.2, 0.25) is 5.91 Å². The Morgan fingerprint density at radius 3 is 2.77 bits per heavy atom. The number of rotatable bonds is 8. The zero-order valence-corrected chi connectivity index (χ0v) is 18.2. The number of nitrogens with one attached hydrogen (secondary N) is 2. The number of carbonyl (C=O) groups is 1. The third-order valence-electron chi connectivity index (χ3n) is 6.54. The molecule has 1 aromatic carbocycles. The number of anilines is 1. The molecule has 2 heterocycles. The summed E-state index contributed by atoms with van der Waals surface area (Å²) in [5.41, 5.74) is 8.99. The molecule has 7 heteroatoms. The Balaban J connectivity index is 1.61. The van der Waals surface area contributed by atoms with Gasteiger partial charge in [0, 0.05) is 25.5 Å². The summed E-state index contributed by atoms with van der Waals surface area (Å²) in [4.78, 5) is 17.0. The number of pyridine rings is 1. The molecule has 3 atom stereocenters. The average Bonchev–Trinajstić information content (AvgIpc) is 3.47. The average molecular weight is 427 g/mol. The van der Waals surface area contributed by atoms with Gasteiger partial charge in [0.15, 0.2) is 0 Å². The predicted octanol–water partition coefficient (Wildman–Crippen LogP) is 3.24. The van der Waals surface area contributed by atoms with Crippen LogP contribution in [0.3, 0.4) is 0 Å². The predicted molar refractivity (Wildman–Crippen MR) is 118 cm³/mol. The molecular formula is C24H31FN4O2. The van der Waals surface area contributed by atoms with Crippen molar-refractivity contribution in [1.82, 2.24) is 10.3 Å². The van der Waals surface area contributed by atoms with Gasteiger partial charge < -0.3 is 21.1 Å². The minimum absolute atomic E-state index is 0.0130. The molecule has 1 saturated carbocycles. The minimum atomic E-state index is -0.782. The highest BCUT2D eigenvalue weighted by Gasteiger charge is 2.34. The van der Waals surface area contributed by atoms with Gasteiger partial charge in [-0.25, -0.2) is 4.39 Å². The van der Waals surface area contributed by atoms with E-state index in [0.29, 0.717) is 18.9 Å². The molecule has 1 amide bonds. The molecule has 2 aliphatic rings. The van der Waals surface area contributed by atoms with E-state index in [4.69, 9.17) is 10.5 Å². The molecular weight excluding hydrogens is 395 g/mol. The lowest BCUT2D eigenvalue weighted by Gasteiger charge is -2.32. The summed E-state index contributed by atoms with van der Waals surface area (Å²) in [6, 6.07) is 8.29. The molecule has 2 fully saturated rings. The Bertz CT molecular complexity index is 949. The summed E-state index contributed by atoms with van der Waals surface area (Å²) >= 11 is 0. The van der Waals surface area contributed by atoms with Gasteiger partial charge in [0.25, 0.3) is 0 Å². The van der Waals surface area contributed by atoms with Crippen LogP contribution in [0, 0.1) is 18.7 Å². The molecule has 0 spiro atoms. The van der Waals surface area contributed by atoms with Crippen LogP contribution < -0.4 is 16.4 Å². The van der Waals surface area contributed by atoms with Crippen LogP contribution in [-0.4, -0.2) is 36.7 Å². The zero-order valence-electron chi connectivity index (χ0n) is 18.2. The van der Waals surface area contributed by atoms with Gasteiger partial charge in [-0.2, -0.15) is 0 Å². The second-order valence-electron chi connectivity index (χ2n) is 8.88. The van der Waals surface area contributed by atoms with Crippen LogP contribution in [-0.2, 0) is 15.1 Å². The second kappa shape index (κ2) is 9.02. The van der Waals surface area contributed by atoms with Gasteiger partial charge in [0.05, 0.1) is 23.4 Å². The molecule has 1 aromatic heterocycles. The van der Waals surface area contributed by atoms with Crippen molar-refractivity contribution in [1.29, 1.82) is 0 Å². The number of methoxy groups -OCH3 is 1. The number of hydrogen-bond acceptors (Lipinski definition) is 5. The molecule has 2 aromatic rings. The van der Waals surface area contributed by atoms with Crippen molar-refractivity contribution < 1.29 is 13.9 Å². The number of carbonyl (C=O) groups excluding carboxylic acids is 1. The molecule has 1 aliphatic heterocycles. The molecule has 31 heavy (non-hydrogen) atoms. The van der Waals surface area contributed by atoms with Crippen molar-refractivity contribution in [3.63, 3.8) is 0 Å². The summed E-state index contributed by atoms with van der Waals surface area (Å²) in [6.07, 6.45) is 6.55. The fourth-order valence-electron chi connectivity index (χ4n) is 4.32. The maximum Gasteiger partial charge on any atom is 0.241 e. The normalized spacial score (nSPS) is 22.8. The van der Waals surface area contributed by atoms with Crippen molar-refractivity contribution in [2.24, 2.45) is 11.7 Å². The molecule has 3 unspecified atom stereocenters. The molecule has 1 aliphatic carbocycles. The summed E-state index contributed by atoms with van der Waals surface area (Å²) in [7, 11) is 1.62. The Kier molecular flexibility index (Phi) is 6.36. The summed E-state index contributed by atoms with van der Waals surface area (Å²) in [6.45, 7) is 2.54. The van der Waals surface area contributed by atoms with E-state index in [2.05, 4.69) is 15.6 Å². The van der Waals surface area contributed by atoms with Crippen LogP contribution in [0.15, 0.2) is 36.5 Å². The molecule has 166 valence electrons. The van der Waals surface area contributed by atoms with E-state index >= 15 is 0 Å². The first-order valence-electron chi connectivity index (χ1n) is 11.0. The molecule has 0 bridgehead atoms. The monoisotopic (exact) mass is 426 g/mol. The first-order chi connectivity index (χ1) is 14.9.